The van der Waals surface area contributed by atoms with Gasteiger partial charge in [0.1, 0.15) is 0 Å². The molecule has 0 radical (unpaired) electrons. The number of nitrogens with zero attached hydrogens (tertiary/aromatic N) is 1. The van der Waals surface area contributed by atoms with E-state index in [0.717, 1.165) is 6.92 Å². The van der Waals surface area contributed by atoms with Crippen molar-refractivity contribution in [3.63, 3.8) is 0 Å². The first-order valence-electron chi connectivity index (χ1n) is 4.42. The minimum Gasteiger partial charge on any atom is -0.480 e. The van der Waals surface area contributed by atoms with Crippen LogP contribution in [0.1, 0.15) is 6.92 Å². The molecule has 1 N–H and O–H groups in total. The Morgan fingerprint density at radius 2 is 2.00 bits per heavy atom. The van der Waals surface area contributed by atoms with Gasteiger partial charge in [0.2, 0.25) is 5.91 Å². The summed E-state index contributed by atoms with van der Waals surface area (Å²) >= 11 is 0. The van der Waals surface area contributed by atoms with E-state index in [4.69, 9.17) is 5.11 Å². The maximum absolute atomic E-state index is 12.3. The van der Waals surface area contributed by atoms with E-state index in [1.807, 2.05) is 0 Å². The highest BCUT2D eigenvalue weighted by atomic mass is 19.4. The molecule has 0 aromatic rings. The van der Waals surface area contributed by atoms with E-state index in [0.29, 0.717) is 4.90 Å². The zero-order valence-corrected chi connectivity index (χ0v) is 8.32. The molecule has 0 spiro atoms. The van der Waals surface area contributed by atoms with Crippen LogP contribution in [0.2, 0.25) is 0 Å². The normalized spacial score (nSPS) is 26.6. The molecule has 92 valence electrons. The Labute approximate surface area is 88.8 Å². The average Bonchev–Trinajstić information content (AvgIpc) is 2.15. The lowest BCUT2D eigenvalue weighted by Gasteiger charge is -2.37. The predicted molar refractivity (Wildman–Crippen MR) is 44.6 cm³/mol. The SMILES string of the molecule is CC(=O)N1C[C@H](C(F)(F)F)OC[C@@H]1C(=O)O. The third-order valence-electron chi connectivity index (χ3n) is 2.25. The van der Waals surface area contributed by atoms with Crippen molar-refractivity contribution in [3.05, 3.63) is 0 Å². The molecule has 1 saturated heterocycles. The van der Waals surface area contributed by atoms with E-state index in [2.05, 4.69) is 4.74 Å². The first-order chi connectivity index (χ1) is 7.23. The number of alkyl halides is 3. The number of morpholine rings is 1. The van der Waals surface area contributed by atoms with E-state index in [9.17, 15) is 22.8 Å². The van der Waals surface area contributed by atoms with Crippen LogP contribution in [0.5, 0.6) is 0 Å². The minimum atomic E-state index is -4.60. The molecule has 1 amide bonds. The molecule has 16 heavy (non-hydrogen) atoms. The molecular weight excluding hydrogens is 231 g/mol. The van der Waals surface area contributed by atoms with E-state index >= 15 is 0 Å². The van der Waals surface area contributed by atoms with Crippen LogP contribution in [0, 0.1) is 0 Å². The predicted octanol–water partition coefficient (Wildman–Crippen LogP) is 0.249. The molecule has 0 aromatic carbocycles. The van der Waals surface area contributed by atoms with Crippen LogP contribution in [0.25, 0.3) is 0 Å². The van der Waals surface area contributed by atoms with Crippen LogP contribution in [-0.2, 0) is 14.3 Å². The number of amides is 1. The largest absolute Gasteiger partial charge is 0.480 e. The van der Waals surface area contributed by atoms with Gasteiger partial charge in [0.15, 0.2) is 12.1 Å². The summed E-state index contributed by atoms with van der Waals surface area (Å²) < 4.78 is 41.3. The number of carboxylic acids is 1. The summed E-state index contributed by atoms with van der Waals surface area (Å²) in [5, 5.41) is 8.69. The fourth-order valence-corrected chi connectivity index (χ4v) is 1.41. The van der Waals surface area contributed by atoms with E-state index in [1.54, 1.807) is 0 Å². The van der Waals surface area contributed by atoms with Crippen molar-refractivity contribution in [3.8, 4) is 0 Å². The van der Waals surface area contributed by atoms with Gasteiger partial charge in [-0.3, -0.25) is 4.79 Å². The minimum absolute atomic E-state index is 0.654. The number of ether oxygens (including phenoxy) is 1. The third kappa shape index (κ3) is 2.63. The van der Waals surface area contributed by atoms with Crippen LogP contribution in [0.3, 0.4) is 0 Å². The number of hydrogen-bond acceptors (Lipinski definition) is 3. The molecule has 2 atom stereocenters. The van der Waals surface area contributed by atoms with Gasteiger partial charge >= 0.3 is 12.1 Å². The third-order valence-corrected chi connectivity index (χ3v) is 2.25. The van der Waals surface area contributed by atoms with Crippen LogP contribution in [0.4, 0.5) is 13.2 Å². The monoisotopic (exact) mass is 241 g/mol. The maximum Gasteiger partial charge on any atom is 0.416 e. The zero-order valence-electron chi connectivity index (χ0n) is 8.32. The second-order valence-electron chi connectivity index (χ2n) is 3.39. The molecule has 1 aliphatic heterocycles. The van der Waals surface area contributed by atoms with E-state index in [-0.39, 0.29) is 0 Å². The fourth-order valence-electron chi connectivity index (χ4n) is 1.41. The molecule has 5 nitrogen and oxygen atoms in total. The number of carbonyl (C=O) groups excluding carboxylic acids is 1. The molecule has 1 heterocycles. The number of rotatable bonds is 1. The van der Waals surface area contributed by atoms with Gasteiger partial charge in [0, 0.05) is 6.92 Å². The van der Waals surface area contributed by atoms with Crippen molar-refractivity contribution in [1.29, 1.82) is 0 Å². The molecule has 0 aromatic heterocycles. The molecule has 1 aliphatic rings. The van der Waals surface area contributed by atoms with Gasteiger partial charge in [0.25, 0.3) is 0 Å². The average molecular weight is 241 g/mol. The van der Waals surface area contributed by atoms with Gasteiger partial charge in [-0.2, -0.15) is 13.2 Å². The summed E-state index contributed by atoms with van der Waals surface area (Å²) in [6.45, 7) is -0.413. The Bertz CT molecular complexity index is 304. The molecule has 0 bridgehead atoms. The van der Waals surface area contributed by atoms with Crippen molar-refractivity contribution in [2.75, 3.05) is 13.2 Å². The van der Waals surface area contributed by atoms with Crippen molar-refractivity contribution in [2.45, 2.75) is 25.2 Å². The molecule has 0 unspecified atom stereocenters. The lowest BCUT2D eigenvalue weighted by atomic mass is 10.1. The smallest absolute Gasteiger partial charge is 0.416 e. The topological polar surface area (TPSA) is 66.8 Å². The summed E-state index contributed by atoms with van der Waals surface area (Å²) in [5.41, 5.74) is 0. The number of carbonyl (C=O) groups is 2. The summed E-state index contributed by atoms with van der Waals surface area (Å²) in [4.78, 5) is 22.4. The second-order valence-corrected chi connectivity index (χ2v) is 3.39. The van der Waals surface area contributed by atoms with Gasteiger partial charge in [-0.05, 0) is 0 Å². The standard InChI is InChI=1S/C8H10F3NO4/c1-4(13)12-2-6(8(9,10)11)16-3-5(12)7(14)15/h5-6H,2-3H2,1H3,(H,14,15)/t5-,6-/m1/s1. The molecule has 8 heteroatoms. The summed E-state index contributed by atoms with van der Waals surface area (Å²) in [6.07, 6.45) is -6.72. The van der Waals surface area contributed by atoms with Crippen LogP contribution >= 0.6 is 0 Å². The van der Waals surface area contributed by atoms with Crippen molar-refractivity contribution in [1.82, 2.24) is 4.90 Å². The number of carboxylic acid groups (broad SMARTS) is 1. The Kier molecular flexibility index (Phi) is 3.41. The number of halogens is 3. The van der Waals surface area contributed by atoms with Crippen LogP contribution in [0.15, 0.2) is 0 Å². The highest BCUT2D eigenvalue weighted by Gasteiger charge is 2.47. The Morgan fingerprint density at radius 1 is 1.44 bits per heavy atom. The van der Waals surface area contributed by atoms with E-state index in [1.165, 1.54) is 0 Å². The lowest BCUT2D eigenvalue weighted by molar-refractivity contribution is -0.243. The lowest BCUT2D eigenvalue weighted by Crippen LogP contribution is -2.58. The Morgan fingerprint density at radius 3 is 2.38 bits per heavy atom. The van der Waals surface area contributed by atoms with Gasteiger partial charge in [0.05, 0.1) is 13.2 Å². The first kappa shape index (κ1) is 12.8. The second kappa shape index (κ2) is 4.28. The first-order valence-corrected chi connectivity index (χ1v) is 4.42. The highest BCUT2D eigenvalue weighted by Crippen LogP contribution is 2.27. The van der Waals surface area contributed by atoms with Crippen molar-refractivity contribution >= 4 is 11.9 Å². The van der Waals surface area contributed by atoms with E-state index < -0.39 is 43.4 Å². The summed E-state index contributed by atoms with van der Waals surface area (Å²) in [7, 11) is 0. The van der Waals surface area contributed by atoms with Crippen molar-refractivity contribution in [2.24, 2.45) is 0 Å². The molecule has 1 rings (SSSR count). The molecular formula is C8H10F3NO4. The van der Waals surface area contributed by atoms with Gasteiger partial charge in [-0.1, -0.05) is 0 Å². The molecule has 0 aliphatic carbocycles. The van der Waals surface area contributed by atoms with Gasteiger partial charge < -0.3 is 14.7 Å². The zero-order chi connectivity index (χ0) is 12.5. The van der Waals surface area contributed by atoms with Gasteiger partial charge in [-0.15, -0.1) is 0 Å². The van der Waals surface area contributed by atoms with Gasteiger partial charge in [-0.25, -0.2) is 4.79 Å². The summed E-state index contributed by atoms with van der Waals surface area (Å²) in [5.74, 6) is -2.10. The Balaban J connectivity index is 2.81. The fraction of sp³-hybridized carbons (Fsp3) is 0.750. The number of aliphatic carboxylic acids is 1. The highest BCUT2D eigenvalue weighted by molar-refractivity contribution is 5.82. The van der Waals surface area contributed by atoms with Crippen LogP contribution < -0.4 is 0 Å². The summed E-state index contributed by atoms with van der Waals surface area (Å²) in [6, 6.07) is -1.35. The number of hydrogen-bond donors (Lipinski definition) is 1. The molecule has 1 fully saturated rings. The van der Waals surface area contributed by atoms with Crippen LogP contribution in [-0.4, -0.2) is 53.4 Å². The molecule has 0 saturated carbocycles. The quantitative estimate of drug-likeness (QED) is 0.714. The maximum atomic E-state index is 12.3. The Hall–Kier alpha value is -1.31. The van der Waals surface area contributed by atoms with Crippen molar-refractivity contribution < 1.29 is 32.6 Å².